The molecule has 27 heavy (non-hydrogen) atoms. The lowest BCUT2D eigenvalue weighted by atomic mass is 10.1. The predicted molar refractivity (Wildman–Crippen MR) is 109 cm³/mol. The second-order valence-electron chi connectivity index (χ2n) is 7.55. The molecule has 4 nitrogen and oxygen atoms in total. The summed E-state index contributed by atoms with van der Waals surface area (Å²) in [4.78, 5) is 14.9. The van der Waals surface area contributed by atoms with Crippen molar-refractivity contribution in [3.8, 4) is 5.75 Å². The van der Waals surface area contributed by atoms with Crippen LogP contribution in [-0.2, 0) is 17.9 Å². The maximum absolute atomic E-state index is 12.4. The van der Waals surface area contributed by atoms with Gasteiger partial charge in [0.05, 0.1) is 0 Å². The van der Waals surface area contributed by atoms with Crippen molar-refractivity contribution in [2.75, 3.05) is 13.1 Å². The van der Waals surface area contributed by atoms with Gasteiger partial charge in [0.2, 0.25) is 0 Å². The molecule has 144 valence electrons. The number of benzene rings is 2. The van der Waals surface area contributed by atoms with E-state index in [-0.39, 0.29) is 5.91 Å². The van der Waals surface area contributed by atoms with E-state index < -0.39 is 6.10 Å². The molecular formula is C23H30N2O2. The van der Waals surface area contributed by atoms with Crippen LogP contribution in [0.3, 0.4) is 0 Å². The normalized spacial score (nSPS) is 15.5. The zero-order valence-corrected chi connectivity index (χ0v) is 16.6. The molecule has 3 rings (SSSR count). The molecule has 1 aliphatic heterocycles. The fraction of sp³-hybridized carbons (Fsp3) is 0.435. The lowest BCUT2D eigenvalue weighted by Gasteiger charge is -2.17. The fourth-order valence-corrected chi connectivity index (χ4v) is 3.55. The average Bonchev–Trinajstić information content (AvgIpc) is 3.15. The van der Waals surface area contributed by atoms with Gasteiger partial charge in [-0.1, -0.05) is 42.0 Å². The van der Waals surface area contributed by atoms with Gasteiger partial charge in [-0.15, -0.1) is 0 Å². The largest absolute Gasteiger partial charge is 0.481 e. The van der Waals surface area contributed by atoms with E-state index in [4.69, 9.17) is 4.74 Å². The molecule has 0 aliphatic carbocycles. The van der Waals surface area contributed by atoms with Gasteiger partial charge in [-0.25, -0.2) is 0 Å². The van der Waals surface area contributed by atoms with Gasteiger partial charge in [0.1, 0.15) is 5.75 Å². The maximum Gasteiger partial charge on any atom is 0.261 e. The molecule has 1 aliphatic rings. The number of hydrogen-bond donors (Lipinski definition) is 1. The minimum Gasteiger partial charge on any atom is -0.481 e. The van der Waals surface area contributed by atoms with Crippen molar-refractivity contribution < 1.29 is 9.53 Å². The topological polar surface area (TPSA) is 41.6 Å². The van der Waals surface area contributed by atoms with Gasteiger partial charge in [-0.2, -0.15) is 0 Å². The predicted octanol–water partition coefficient (Wildman–Crippen LogP) is 3.98. The van der Waals surface area contributed by atoms with Crippen LogP contribution in [0.1, 0.15) is 42.0 Å². The summed E-state index contributed by atoms with van der Waals surface area (Å²) < 4.78 is 5.84. The second kappa shape index (κ2) is 9.05. The third-order valence-electron chi connectivity index (χ3n) is 5.07. The van der Waals surface area contributed by atoms with E-state index in [0.717, 1.165) is 23.4 Å². The number of amides is 1. The first-order valence-corrected chi connectivity index (χ1v) is 9.83. The third-order valence-corrected chi connectivity index (χ3v) is 5.07. The van der Waals surface area contributed by atoms with E-state index in [0.29, 0.717) is 6.54 Å². The Hall–Kier alpha value is -2.33. The Morgan fingerprint density at radius 2 is 1.85 bits per heavy atom. The summed E-state index contributed by atoms with van der Waals surface area (Å²) in [6.45, 7) is 9.73. The Morgan fingerprint density at radius 3 is 2.59 bits per heavy atom. The molecular weight excluding hydrogens is 336 g/mol. The van der Waals surface area contributed by atoms with Crippen LogP contribution < -0.4 is 10.1 Å². The summed E-state index contributed by atoms with van der Waals surface area (Å²) >= 11 is 0. The Balaban J connectivity index is 1.52. The number of aryl methyl sites for hydroxylation is 2. The summed E-state index contributed by atoms with van der Waals surface area (Å²) in [5.74, 6) is 0.663. The number of nitrogens with zero attached hydrogens (tertiary/aromatic N) is 1. The van der Waals surface area contributed by atoms with Crippen LogP contribution in [-0.4, -0.2) is 30.0 Å². The van der Waals surface area contributed by atoms with E-state index in [1.54, 1.807) is 6.92 Å². The van der Waals surface area contributed by atoms with Crippen LogP contribution in [0.5, 0.6) is 5.75 Å². The number of ether oxygens (including phenoxy) is 1. The highest BCUT2D eigenvalue weighted by molar-refractivity contribution is 5.80. The molecule has 4 heteroatoms. The van der Waals surface area contributed by atoms with Gasteiger partial charge < -0.3 is 10.1 Å². The van der Waals surface area contributed by atoms with Crippen molar-refractivity contribution in [2.45, 2.75) is 52.8 Å². The molecule has 0 saturated carbocycles. The average molecular weight is 367 g/mol. The summed E-state index contributed by atoms with van der Waals surface area (Å²) in [7, 11) is 0. The lowest BCUT2D eigenvalue weighted by molar-refractivity contribution is -0.127. The van der Waals surface area contributed by atoms with Crippen molar-refractivity contribution >= 4 is 5.91 Å². The van der Waals surface area contributed by atoms with E-state index >= 15 is 0 Å². The van der Waals surface area contributed by atoms with E-state index in [2.05, 4.69) is 40.5 Å². The molecule has 0 spiro atoms. The Morgan fingerprint density at radius 1 is 1.11 bits per heavy atom. The first-order chi connectivity index (χ1) is 13.0. The highest BCUT2D eigenvalue weighted by Crippen LogP contribution is 2.20. The van der Waals surface area contributed by atoms with Crippen molar-refractivity contribution in [3.63, 3.8) is 0 Å². The highest BCUT2D eigenvalue weighted by Gasteiger charge is 2.16. The number of nitrogens with one attached hydrogen (secondary N) is 1. The van der Waals surface area contributed by atoms with Crippen LogP contribution in [0.15, 0.2) is 42.5 Å². The number of carbonyl (C=O) groups excluding carboxylic acids is 1. The van der Waals surface area contributed by atoms with Crippen LogP contribution in [0.25, 0.3) is 0 Å². The van der Waals surface area contributed by atoms with Crippen LogP contribution in [0.2, 0.25) is 0 Å². The first kappa shape index (κ1) is 19.4. The van der Waals surface area contributed by atoms with E-state index in [1.165, 1.54) is 37.1 Å². The molecule has 0 aromatic heterocycles. The maximum atomic E-state index is 12.4. The smallest absolute Gasteiger partial charge is 0.261 e. The molecule has 1 heterocycles. The van der Waals surface area contributed by atoms with Gasteiger partial charge in [0.25, 0.3) is 5.91 Å². The molecule has 0 unspecified atom stereocenters. The fourth-order valence-electron chi connectivity index (χ4n) is 3.55. The first-order valence-electron chi connectivity index (χ1n) is 9.83. The summed E-state index contributed by atoms with van der Waals surface area (Å²) in [6, 6.07) is 14.5. The van der Waals surface area contributed by atoms with Crippen LogP contribution in [0, 0.1) is 13.8 Å². The molecule has 0 bridgehead atoms. The third kappa shape index (κ3) is 5.57. The molecule has 2 aromatic rings. The quantitative estimate of drug-likeness (QED) is 0.806. The van der Waals surface area contributed by atoms with Crippen molar-refractivity contribution in [3.05, 3.63) is 64.7 Å². The van der Waals surface area contributed by atoms with Gasteiger partial charge in [0, 0.05) is 13.1 Å². The zero-order chi connectivity index (χ0) is 19.2. The monoisotopic (exact) mass is 366 g/mol. The van der Waals surface area contributed by atoms with Crippen LogP contribution in [0.4, 0.5) is 0 Å². The summed E-state index contributed by atoms with van der Waals surface area (Å²) in [6.07, 6.45) is 2.07. The summed E-state index contributed by atoms with van der Waals surface area (Å²) in [5, 5.41) is 2.99. The van der Waals surface area contributed by atoms with Gasteiger partial charge in [0.15, 0.2) is 6.10 Å². The molecule has 2 aromatic carbocycles. The van der Waals surface area contributed by atoms with Crippen molar-refractivity contribution in [1.82, 2.24) is 10.2 Å². The number of hydrogen-bond acceptors (Lipinski definition) is 3. The molecule has 1 fully saturated rings. The Labute approximate surface area is 162 Å². The minimum absolute atomic E-state index is 0.0973. The highest BCUT2D eigenvalue weighted by atomic mass is 16.5. The van der Waals surface area contributed by atoms with Gasteiger partial charge in [-0.05, 0) is 69.5 Å². The van der Waals surface area contributed by atoms with E-state index in [1.807, 2.05) is 26.0 Å². The van der Waals surface area contributed by atoms with Gasteiger partial charge in [-0.3, -0.25) is 9.69 Å². The number of carbonyl (C=O) groups is 1. The Bertz CT molecular complexity index is 782. The van der Waals surface area contributed by atoms with Gasteiger partial charge >= 0.3 is 0 Å². The lowest BCUT2D eigenvalue weighted by Crippen LogP contribution is -2.36. The zero-order valence-electron chi connectivity index (χ0n) is 16.6. The SMILES string of the molecule is Cc1ccc(O[C@H](C)C(=O)NCc2cccc(CN3CCCC3)c2)c(C)c1. The molecule has 1 N–H and O–H groups in total. The minimum atomic E-state index is -0.529. The Kier molecular flexibility index (Phi) is 6.51. The molecule has 0 radical (unpaired) electrons. The number of likely N-dealkylation sites (tertiary alicyclic amines) is 1. The second-order valence-corrected chi connectivity index (χ2v) is 7.55. The molecule has 1 saturated heterocycles. The molecule has 1 atom stereocenters. The van der Waals surface area contributed by atoms with Crippen LogP contribution >= 0.6 is 0 Å². The summed E-state index contributed by atoms with van der Waals surface area (Å²) in [5.41, 5.74) is 4.66. The van der Waals surface area contributed by atoms with Crippen molar-refractivity contribution in [2.24, 2.45) is 0 Å². The van der Waals surface area contributed by atoms with Crippen molar-refractivity contribution in [1.29, 1.82) is 0 Å². The molecule has 1 amide bonds. The number of rotatable bonds is 7. The van der Waals surface area contributed by atoms with E-state index in [9.17, 15) is 4.79 Å². The standard InChI is InChI=1S/C23H30N2O2/c1-17-9-10-22(18(2)13-17)27-19(3)23(26)24-15-20-7-6-8-21(14-20)16-25-11-4-5-12-25/h6-10,13-14,19H,4-5,11-12,15-16H2,1-3H3,(H,24,26)/t19-/m1/s1.